The van der Waals surface area contributed by atoms with Gasteiger partial charge in [-0.1, -0.05) is 11.6 Å². The minimum Gasteiger partial charge on any atom is -0.495 e. The van der Waals surface area contributed by atoms with Gasteiger partial charge in [0.15, 0.2) is 0 Å². The summed E-state index contributed by atoms with van der Waals surface area (Å²) in [5.41, 5.74) is 0.680. The van der Waals surface area contributed by atoms with E-state index in [1.54, 1.807) is 25.3 Å². The van der Waals surface area contributed by atoms with Gasteiger partial charge in [0, 0.05) is 31.9 Å². The van der Waals surface area contributed by atoms with E-state index in [0.717, 1.165) is 45.7 Å². The van der Waals surface area contributed by atoms with Gasteiger partial charge in [-0.2, -0.15) is 0 Å². The Morgan fingerprint density at radius 1 is 1.29 bits per heavy atom. The first kappa shape index (κ1) is 18.8. The predicted molar refractivity (Wildman–Crippen MR) is 98.2 cm³/mol. The number of nitrogens with zero attached hydrogens (tertiary/aromatic N) is 3. The molecule has 1 aromatic rings. The second-order valence-electron chi connectivity index (χ2n) is 6.26. The summed E-state index contributed by atoms with van der Waals surface area (Å²) in [5.74, 6) is 0.598. The Hall–Kier alpha value is -1.50. The van der Waals surface area contributed by atoms with E-state index in [-0.39, 0.29) is 6.03 Å². The fourth-order valence-corrected chi connectivity index (χ4v) is 2.99. The molecule has 1 aromatic carbocycles. The molecule has 0 aromatic heterocycles. The lowest BCUT2D eigenvalue weighted by atomic mass is 10.3. The summed E-state index contributed by atoms with van der Waals surface area (Å²) in [5, 5.41) is 3.39. The van der Waals surface area contributed by atoms with Crippen molar-refractivity contribution in [2.45, 2.75) is 6.42 Å². The van der Waals surface area contributed by atoms with E-state index in [4.69, 9.17) is 16.3 Å². The van der Waals surface area contributed by atoms with Crippen molar-refractivity contribution in [1.29, 1.82) is 0 Å². The van der Waals surface area contributed by atoms with Crippen molar-refractivity contribution in [3.05, 3.63) is 23.2 Å². The van der Waals surface area contributed by atoms with Crippen LogP contribution in [0.5, 0.6) is 5.75 Å². The fourth-order valence-electron chi connectivity index (χ4n) is 2.73. The second kappa shape index (κ2) is 9.11. The molecule has 1 fully saturated rings. The van der Waals surface area contributed by atoms with Crippen LogP contribution in [0.1, 0.15) is 6.42 Å². The minimum absolute atomic E-state index is 0.0795. The molecule has 0 bridgehead atoms. The number of piperazine rings is 1. The van der Waals surface area contributed by atoms with Gasteiger partial charge in [-0.25, -0.2) is 4.79 Å². The number of carbonyl (C=O) groups is 1. The summed E-state index contributed by atoms with van der Waals surface area (Å²) in [6, 6.07) is 5.17. The highest BCUT2D eigenvalue weighted by molar-refractivity contribution is 6.32. The summed E-state index contributed by atoms with van der Waals surface area (Å²) >= 11 is 6.09. The van der Waals surface area contributed by atoms with Crippen LogP contribution < -0.4 is 10.1 Å². The van der Waals surface area contributed by atoms with Crippen LogP contribution in [0.2, 0.25) is 5.02 Å². The first-order valence-corrected chi connectivity index (χ1v) is 8.64. The first-order chi connectivity index (χ1) is 11.5. The molecule has 1 aliphatic heterocycles. The second-order valence-corrected chi connectivity index (χ2v) is 6.67. The van der Waals surface area contributed by atoms with Gasteiger partial charge in [-0.3, -0.25) is 4.90 Å². The van der Waals surface area contributed by atoms with E-state index in [1.165, 1.54) is 0 Å². The number of hydrogen-bond donors (Lipinski definition) is 1. The third-order valence-corrected chi connectivity index (χ3v) is 4.44. The highest BCUT2D eigenvalue weighted by Gasteiger charge is 2.21. The number of hydrogen-bond acceptors (Lipinski definition) is 4. The van der Waals surface area contributed by atoms with Gasteiger partial charge in [0.25, 0.3) is 0 Å². The maximum atomic E-state index is 12.4. The highest BCUT2D eigenvalue weighted by atomic mass is 35.5. The molecule has 0 spiro atoms. The van der Waals surface area contributed by atoms with E-state index in [9.17, 15) is 4.79 Å². The number of methoxy groups -OCH3 is 1. The topological polar surface area (TPSA) is 48.1 Å². The summed E-state index contributed by atoms with van der Waals surface area (Å²) in [4.78, 5) is 18.8. The smallest absolute Gasteiger partial charge is 0.321 e. The summed E-state index contributed by atoms with van der Waals surface area (Å²) in [6.07, 6.45) is 1.16. The van der Waals surface area contributed by atoms with Crippen molar-refractivity contribution >= 4 is 23.3 Å². The van der Waals surface area contributed by atoms with Gasteiger partial charge >= 0.3 is 6.03 Å². The van der Waals surface area contributed by atoms with Crippen molar-refractivity contribution in [3.63, 3.8) is 0 Å². The van der Waals surface area contributed by atoms with Crippen LogP contribution >= 0.6 is 11.6 Å². The quantitative estimate of drug-likeness (QED) is 0.852. The molecule has 2 amide bonds. The van der Waals surface area contributed by atoms with Crippen LogP contribution in [-0.4, -0.2) is 81.2 Å². The summed E-state index contributed by atoms with van der Waals surface area (Å²) < 4.78 is 5.12. The van der Waals surface area contributed by atoms with Crippen molar-refractivity contribution in [2.75, 3.05) is 65.8 Å². The van der Waals surface area contributed by atoms with E-state index in [0.29, 0.717) is 16.5 Å². The molecule has 0 saturated carbocycles. The van der Waals surface area contributed by atoms with Crippen LogP contribution in [0, 0.1) is 0 Å². The summed E-state index contributed by atoms with van der Waals surface area (Å²) in [6.45, 7) is 5.52. The zero-order valence-electron chi connectivity index (χ0n) is 14.7. The summed E-state index contributed by atoms with van der Waals surface area (Å²) in [7, 11) is 5.75. The number of amides is 2. The maximum absolute atomic E-state index is 12.4. The molecule has 1 saturated heterocycles. The lowest BCUT2D eigenvalue weighted by Crippen LogP contribution is -2.50. The Bertz CT molecular complexity index is 545. The molecule has 0 aliphatic carbocycles. The number of anilines is 1. The number of rotatable bonds is 6. The zero-order chi connectivity index (χ0) is 17.5. The van der Waals surface area contributed by atoms with Gasteiger partial charge in [-0.05, 0) is 51.8 Å². The van der Waals surface area contributed by atoms with Crippen LogP contribution in [0.3, 0.4) is 0 Å². The fraction of sp³-hybridized carbons (Fsp3) is 0.588. The Morgan fingerprint density at radius 2 is 2.00 bits per heavy atom. The number of benzene rings is 1. The lowest BCUT2D eigenvalue weighted by Gasteiger charge is -2.34. The standard InChI is InChI=1S/C17H27ClN4O2/c1-20(2)7-4-8-21-9-11-22(12-10-21)17(23)19-14-5-6-16(24-3)15(18)13-14/h5-6,13H,4,7-12H2,1-3H3,(H,19,23). The normalized spacial score (nSPS) is 15.6. The maximum Gasteiger partial charge on any atom is 0.321 e. The van der Waals surface area contributed by atoms with Crippen LogP contribution in [0.25, 0.3) is 0 Å². The number of carbonyl (C=O) groups excluding carboxylic acids is 1. The Balaban J connectivity index is 1.77. The number of halogens is 1. The highest BCUT2D eigenvalue weighted by Crippen LogP contribution is 2.27. The molecule has 0 atom stereocenters. The van der Waals surface area contributed by atoms with Crippen molar-refractivity contribution in [1.82, 2.24) is 14.7 Å². The number of urea groups is 1. The van der Waals surface area contributed by atoms with Crippen LogP contribution in [0.15, 0.2) is 18.2 Å². The third kappa shape index (κ3) is 5.54. The molecule has 1 heterocycles. The largest absolute Gasteiger partial charge is 0.495 e. The first-order valence-electron chi connectivity index (χ1n) is 8.26. The predicted octanol–water partition coefficient (Wildman–Crippen LogP) is 2.45. The number of nitrogens with one attached hydrogen (secondary N) is 1. The van der Waals surface area contributed by atoms with Crippen molar-refractivity contribution in [3.8, 4) is 5.75 Å². The molecule has 0 radical (unpaired) electrons. The van der Waals surface area contributed by atoms with E-state index in [2.05, 4.69) is 29.2 Å². The lowest BCUT2D eigenvalue weighted by molar-refractivity contribution is 0.144. The average molecular weight is 355 g/mol. The Morgan fingerprint density at radius 3 is 2.58 bits per heavy atom. The third-order valence-electron chi connectivity index (χ3n) is 4.14. The van der Waals surface area contributed by atoms with Gasteiger partial charge in [0.1, 0.15) is 5.75 Å². The number of ether oxygens (including phenoxy) is 1. The van der Waals surface area contributed by atoms with Crippen LogP contribution in [-0.2, 0) is 0 Å². The molecule has 7 heteroatoms. The monoisotopic (exact) mass is 354 g/mol. The SMILES string of the molecule is COc1ccc(NC(=O)N2CCN(CCCN(C)C)CC2)cc1Cl. The zero-order valence-corrected chi connectivity index (χ0v) is 15.5. The Kier molecular flexibility index (Phi) is 7.15. The van der Waals surface area contributed by atoms with Gasteiger partial charge in [0.2, 0.25) is 0 Å². The van der Waals surface area contributed by atoms with E-state index in [1.807, 2.05) is 4.90 Å². The average Bonchev–Trinajstić information content (AvgIpc) is 2.55. The van der Waals surface area contributed by atoms with Crippen molar-refractivity contribution in [2.24, 2.45) is 0 Å². The minimum atomic E-state index is -0.0795. The van der Waals surface area contributed by atoms with Crippen molar-refractivity contribution < 1.29 is 9.53 Å². The van der Waals surface area contributed by atoms with E-state index >= 15 is 0 Å². The van der Waals surface area contributed by atoms with E-state index < -0.39 is 0 Å². The van der Waals surface area contributed by atoms with Gasteiger partial charge in [-0.15, -0.1) is 0 Å². The molecule has 1 aliphatic rings. The molecule has 6 nitrogen and oxygen atoms in total. The molecule has 0 unspecified atom stereocenters. The van der Waals surface area contributed by atoms with Crippen LogP contribution in [0.4, 0.5) is 10.5 Å². The Labute approximate surface area is 149 Å². The molecular weight excluding hydrogens is 328 g/mol. The molecular formula is C17H27ClN4O2. The van der Waals surface area contributed by atoms with Gasteiger partial charge in [0.05, 0.1) is 12.1 Å². The van der Waals surface area contributed by atoms with Gasteiger partial charge < -0.3 is 19.9 Å². The molecule has 1 N–H and O–H groups in total. The molecule has 24 heavy (non-hydrogen) atoms. The molecule has 134 valence electrons. The molecule has 2 rings (SSSR count).